The Morgan fingerprint density at radius 1 is 0.639 bits per heavy atom. The molecule has 0 fully saturated rings. The molecule has 4 rings (SSSR count). The van der Waals surface area contributed by atoms with Crippen LogP contribution >= 0.6 is 0 Å². The number of rotatable bonds is 8. The van der Waals surface area contributed by atoms with Gasteiger partial charge in [-0.1, -0.05) is 87.4 Å². The lowest BCUT2D eigenvalue weighted by Gasteiger charge is -2.22. The maximum Gasteiger partial charge on any atom is 0.421 e. The third kappa shape index (κ3) is 4.54. The molecule has 0 spiro atoms. The van der Waals surface area contributed by atoms with Crippen molar-refractivity contribution in [3.63, 3.8) is 0 Å². The Labute approximate surface area is 209 Å². The minimum absolute atomic E-state index is 0.0232. The normalized spacial score (nSPS) is 15.1. The molecule has 0 saturated heterocycles. The van der Waals surface area contributed by atoms with E-state index in [9.17, 15) is 19.2 Å². The van der Waals surface area contributed by atoms with Crippen molar-refractivity contribution >= 4 is 35.4 Å². The second-order valence-corrected chi connectivity index (χ2v) is 8.40. The van der Waals surface area contributed by atoms with Gasteiger partial charge in [0.1, 0.15) is 0 Å². The fourth-order valence-corrected chi connectivity index (χ4v) is 4.13. The Kier molecular flexibility index (Phi) is 7.63. The summed E-state index contributed by atoms with van der Waals surface area (Å²) in [6, 6.07) is 17.3. The van der Waals surface area contributed by atoms with E-state index in [-0.39, 0.29) is 35.8 Å². The van der Waals surface area contributed by atoms with Gasteiger partial charge < -0.3 is 9.47 Å². The molecule has 0 N–H and O–H groups in total. The van der Waals surface area contributed by atoms with Crippen molar-refractivity contribution in [3.8, 4) is 0 Å². The number of imide groups is 2. The third-order valence-corrected chi connectivity index (χ3v) is 5.91. The second kappa shape index (κ2) is 11.0. The zero-order valence-electron chi connectivity index (χ0n) is 20.4. The van der Waals surface area contributed by atoms with Crippen LogP contribution in [0.5, 0.6) is 0 Å². The third-order valence-electron chi connectivity index (χ3n) is 5.91. The summed E-state index contributed by atoms with van der Waals surface area (Å²) in [5.74, 6) is -1.44. The predicted octanol–water partition coefficient (Wildman–Crippen LogP) is 5.37. The molecule has 186 valence electrons. The van der Waals surface area contributed by atoms with Gasteiger partial charge in [0.25, 0.3) is 11.8 Å². The van der Waals surface area contributed by atoms with E-state index in [1.165, 1.54) is 0 Å². The van der Waals surface area contributed by atoms with E-state index < -0.39 is 24.0 Å². The lowest BCUT2D eigenvalue weighted by Crippen LogP contribution is -2.36. The van der Waals surface area contributed by atoms with Crippen LogP contribution in [-0.2, 0) is 19.1 Å². The van der Waals surface area contributed by atoms with E-state index in [0.29, 0.717) is 24.0 Å². The Balaban J connectivity index is 1.89. The van der Waals surface area contributed by atoms with Crippen LogP contribution in [0, 0.1) is 0 Å². The molecule has 0 atom stereocenters. The second-order valence-electron chi connectivity index (χ2n) is 8.40. The predicted molar refractivity (Wildman–Crippen MR) is 133 cm³/mol. The monoisotopic (exact) mass is 488 g/mol. The first-order valence-electron chi connectivity index (χ1n) is 12.1. The lowest BCUT2D eigenvalue weighted by molar-refractivity contribution is -0.123. The van der Waals surface area contributed by atoms with Gasteiger partial charge in [-0.2, -0.15) is 0 Å². The average molecular weight is 489 g/mol. The number of hydrogen-bond acceptors (Lipinski definition) is 6. The van der Waals surface area contributed by atoms with Gasteiger partial charge in [0, 0.05) is 0 Å². The quantitative estimate of drug-likeness (QED) is 0.464. The van der Waals surface area contributed by atoms with Crippen molar-refractivity contribution in [2.45, 2.75) is 39.5 Å². The van der Waals surface area contributed by atoms with Gasteiger partial charge in [-0.3, -0.25) is 9.59 Å². The van der Waals surface area contributed by atoms with Crippen LogP contribution in [0.4, 0.5) is 9.59 Å². The minimum Gasteiger partial charge on any atom is -0.449 e. The van der Waals surface area contributed by atoms with Crippen molar-refractivity contribution < 1.29 is 28.7 Å². The first-order chi connectivity index (χ1) is 17.5. The SMILES string of the molecule is CCCCOC(=O)N1C(=O)C2=C(c3ccccc3)N(C(=O)OCCCC)C(=O)C2=C1c1ccccc1. The highest BCUT2D eigenvalue weighted by Crippen LogP contribution is 2.47. The van der Waals surface area contributed by atoms with Crippen LogP contribution in [0.15, 0.2) is 71.8 Å². The van der Waals surface area contributed by atoms with Crippen molar-refractivity contribution in [2.24, 2.45) is 0 Å². The molecule has 0 bridgehead atoms. The van der Waals surface area contributed by atoms with Crippen molar-refractivity contribution in [1.29, 1.82) is 0 Å². The van der Waals surface area contributed by atoms with E-state index in [1.54, 1.807) is 60.7 Å². The van der Waals surface area contributed by atoms with Crippen LogP contribution in [0.3, 0.4) is 0 Å². The molecule has 0 aliphatic carbocycles. The summed E-state index contributed by atoms with van der Waals surface area (Å²) in [6.07, 6.45) is 1.17. The molecule has 2 aliphatic rings. The fraction of sp³-hybridized carbons (Fsp3) is 0.286. The van der Waals surface area contributed by atoms with E-state index in [4.69, 9.17) is 9.47 Å². The van der Waals surface area contributed by atoms with Gasteiger partial charge in [-0.25, -0.2) is 19.4 Å². The first kappa shape index (κ1) is 24.9. The number of carbonyl (C=O) groups excluding carboxylic acids is 4. The van der Waals surface area contributed by atoms with Crippen LogP contribution < -0.4 is 0 Å². The molecule has 0 radical (unpaired) electrons. The first-order valence-corrected chi connectivity index (χ1v) is 12.1. The molecular weight excluding hydrogens is 460 g/mol. The van der Waals surface area contributed by atoms with Crippen molar-refractivity contribution in [1.82, 2.24) is 9.80 Å². The number of hydrogen-bond donors (Lipinski definition) is 0. The van der Waals surface area contributed by atoms with Gasteiger partial charge in [0.15, 0.2) is 0 Å². The summed E-state index contributed by atoms with van der Waals surface area (Å²) in [7, 11) is 0. The fourth-order valence-electron chi connectivity index (χ4n) is 4.13. The molecule has 4 amide bonds. The number of unbranched alkanes of at least 4 members (excludes halogenated alkanes) is 2. The molecule has 8 nitrogen and oxygen atoms in total. The van der Waals surface area contributed by atoms with Crippen LogP contribution in [0.2, 0.25) is 0 Å². The Morgan fingerprint density at radius 3 is 1.33 bits per heavy atom. The van der Waals surface area contributed by atoms with Gasteiger partial charge in [0.2, 0.25) is 0 Å². The summed E-state index contributed by atoms with van der Waals surface area (Å²) in [5, 5.41) is 0. The summed E-state index contributed by atoms with van der Waals surface area (Å²) in [4.78, 5) is 55.6. The van der Waals surface area contributed by atoms with Gasteiger partial charge in [-0.15, -0.1) is 0 Å². The summed E-state index contributed by atoms with van der Waals surface area (Å²) in [5.41, 5.74) is 1.10. The van der Waals surface area contributed by atoms with Crippen molar-refractivity contribution in [2.75, 3.05) is 13.2 Å². The molecule has 8 heteroatoms. The van der Waals surface area contributed by atoms with Crippen LogP contribution in [0.1, 0.15) is 50.7 Å². The van der Waals surface area contributed by atoms with E-state index in [0.717, 1.165) is 22.6 Å². The largest absolute Gasteiger partial charge is 0.449 e. The number of amides is 4. The highest BCUT2D eigenvalue weighted by Gasteiger charge is 2.53. The molecule has 2 aromatic carbocycles. The lowest BCUT2D eigenvalue weighted by atomic mass is 10.0. The topological polar surface area (TPSA) is 93.2 Å². The summed E-state index contributed by atoms with van der Waals surface area (Å²) < 4.78 is 10.7. The number of carbonyl (C=O) groups is 4. The van der Waals surface area contributed by atoms with Gasteiger partial charge >= 0.3 is 12.2 Å². The average Bonchev–Trinajstić information content (AvgIpc) is 3.37. The molecule has 2 heterocycles. The van der Waals surface area contributed by atoms with E-state index in [2.05, 4.69) is 0 Å². The standard InChI is InChI=1S/C28H28N2O6/c1-3-5-17-35-27(33)29-23(19-13-9-7-10-14-19)21-22(25(29)31)24(20-15-11-8-12-16-20)30(26(21)32)28(34)36-18-6-4-2/h7-16H,3-6,17-18H2,1-2H3. The minimum atomic E-state index is -0.862. The Morgan fingerprint density at radius 2 is 1.00 bits per heavy atom. The highest BCUT2D eigenvalue weighted by molar-refractivity contribution is 6.35. The molecule has 2 aliphatic heterocycles. The smallest absolute Gasteiger partial charge is 0.421 e. The Bertz CT molecular complexity index is 1140. The molecule has 0 aromatic heterocycles. The molecule has 36 heavy (non-hydrogen) atoms. The summed E-state index contributed by atoms with van der Waals surface area (Å²) in [6.45, 7) is 4.21. The van der Waals surface area contributed by atoms with Gasteiger partial charge in [0.05, 0.1) is 35.8 Å². The molecule has 2 aromatic rings. The zero-order chi connectivity index (χ0) is 25.7. The zero-order valence-corrected chi connectivity index (χ0v) is 20.4. The number of fused-ring (bicyclic) bond motifs is 1. The Hall–Kier alpha value is -4.20. The number of ether oxygens (including phenoxy) is 2. The number of benzene rings is 2. The van der Waals surface area contributed by atoms with E-state index >= 15 is 0 Å². The number of nitrogens with zero attached hydrogens (tertiary/aromatic N) is 2. The van der Waals surface area contributed by atoms with Crippen molar-refractivity contribution in [3.05, 3.63) is 82.9 Å². The van der Waals surface area contributed by atoms with Crippen LogP contribution in [0.25, 0.3) is 11.4 Å². The van der Waals surface area contributed by atoms with Crippen LogP contribution in [-0.4, -0.2) is 47.0 Å². The molecule has 0 unspecified atom stereocenters. The molecular formula is C28H28N2O6. The maximum atomic E-state index is 13.8. The highest BCUT2D eigenvalue weighted by atomic mass is 16.6. The maximum absolute atomic E-state index is 13.8. The molecule has 0 saturated carbocycles. The summed E-state index contributed by atoms with van der Waals surface area (Å²) >= 11 is 0. The van der Waals surface area contributed by atoms with Gasteiger partial charge in [-0.05, 0) is 24.0 Å². The van der Waals surface area contributed by atoms with E-state index in [1.807, 2.05) is 13.8 Å².